The maximum Gasteiger partial charge on any atom is 0.240 e. The van der Waals surface area contributed by atoms with E-state index < -0.39 is 0 Å². The van der Waals surface area contributed by atoms with Gasteiger partial charge in [-0.05, 0) is 26.0 Å². The minimum Gasteiger partial charge on any atom is -0.374 e. The lowest BCUT2D eigenvalue weighted by Gasteiger charge is -2.32. The van der Waals surface area contributed by atoms with E-state index in [-0.39, 0.29) is 12.2 Å². The Hall–Kier alpha value is -2.10. The fraction of sp³-hybridized carbons (Fsp3) is 0.625. The number of morpholine rings is 1. The summed E-state index contributed by atoms with van der Waals surface area (Å²) in [5.41, 5.74) is 0. The molecule has 1 fully saturated rings. The average Bonchev–Trinajstić information content (AvgIpc) is 3.10. The zero-order valence-corrected chi connectivity index (χ0v) is 14.6. The zero-order valence-electron chi connectivity index (χ0n) is 14.6. The van der Waals surface area contributed by atoms with E-state index in [2.05, 4.69) is 30.6 Å². The molecule has 9 nitrogen and oxygen atoms in total. The van der Waals surface area contributed by atoms with Gasteiger partial charge in [-0.1, -0.05) is 5.16 Å². The van der Waals surface area contributed by atoms with Gasteiger partial charge in [0.15, 0.2) is 5.82 Å². The molecule has 0 unspecified atom stereocenters. The summed E-state index contributed by atoms with van der Waals surface area (Å²) in [6.45, 7) is 8.05. The second-order valence-electron chi connectivity index (χ2n) is 5.86. The van der Waals surface area contributed by atoms with Gasteiger partial charge in [0.1, 0.15) is 11.9 Å². The molecule has 2 aromatic rings. The highest BCUT2D eigenvalue weighted by molar-refractivity contribution is 5.31. The lowest BCUT2D eigenvalue weighted by Crippen LogP contribution is -2.44. The van der Waals surface area contributed by atoms with Crippen molar-refractivity contribution < 1.29 is 14.0 Å². The van der Waals surface area contributed by atoms with Crippen molar-refractivity contribution in [3.05, 3.63) is 30.0 Å². The van der Waals surface area contributed by atoms with Gasteiger partial charge in [-0.25, -0.2) is 0 Å². The zero-order chi connectivity index (χ0) is 17.5. The Morgan fingerprint density at radius 1 is 1.48 bits per heavy atom. The number of ether oxygens (including phenoxy) is 2. The first-order valence-corrected chi connectivity index (χ1v) is 8.54. The smallest absolute Gasteiger partial charge is 0.240 e. The quantitative estimate of drug-likeness (QED) is 0.756. The third kappa shape index (κ3) is 5.18. The molecule has 1 aliphatic heterocycles. The van der Waals surface area contributed by atoms with Crippen molar-refractivity contribution in [2.45, 2.75) is 32.6 Å². The van der Waals surface area contributed by atoms with Crippen LogP contribution in [-0.2, 0) is 16.0 Å². The highest BCUT2D eigenvalue weighted by atomic mass is 16.5. The molecular weight excluding hydrogens is 324 g/mol. The van der Waals surface area contributed by atoms with Gasteiger partial charge in [-0.15, -0.1) is 5.10 Å². The normalized spacial score (nSPS) is 19.7. The lowest BCUT2D eigenvalue weighted by molar-refractivity contribution is -0.0268. The molecule has 25 heavy (non-hydrogen) atoms. The second kappa shape index (κ2) is 8.84. The van der Waals surface area contributed by atoms with E-state index in [4.69, 9.17) is 14.0 Å². The molecule has 1 saturated heterocycles. The van der Waals surface area contributed by atoms with Crippen LogP contribution < -0.4 is 5.32 Å². The molecule has 0 aliphatic carbocycles. The minimum atomic E-state index is -0.156. The maximum absolute atomic E-state index is 5.80. The summed E-state index contributed by atoms with van der Waals surface area (Å²) in [6, 6.07) is 3.73. The molecule has 0 spiro atoms. The predicted molar refractivity (Wildman–Crippen MR) is 89.9 cm³/mol. The van der Waals surface area contributed by atoms with Crippen molar-refractivity contribution in [2.24, 2.45) is 0 Å². The van der Waals surface area contributed by atoms with Gasteiger partial charge < -0.3 is 19.3 Å². The van der Waals surface area contributed by atoms with E-state index in [0.717, 1.165) is 18.9 Å². The van der Waals surface area contributed by atoms with E-state index in [0.29, 0.717) is 38.0 Å². The van der Waals surface area contributed by atoms with Crippen molar-refractivity contribution in [3.63, 3.8) is 0 Å². The summed E-state index contributed by atoms with van der Waals surface area (Å²) < 4.78 is 16.6. The van der Waals surface area contributed by atoms with E-state index in [1.54, 1.807) is 6.20 Å². The van der Waals surface area contributed by atoms with Crippen molar-refractivity contribution >= 4 is 5.82 Å². The molecule has 1 aliphatic rings. The molecule has 0 saturated carbocycles. The summed E-state index contributed by atoms with van der Waals surface area (Å²) in [5, 5.41) is 15.1. The van der Waals surface area contributed by atoms with Gasteiger partial charge in [0.05, 0.1) is 19.3 Å². The SMILES string of the molecule is CCO[C@@H](C)c1noc(CN2CCO[C@H](CNc3cccnn3)C2)n1. The van der Waals surface area contributed by atoms with Crippen LogP contribution in [0.4, 0.5) is 5.82 Å². The van der Waals surface area contributed by atoms with Crippen LogP contribution in [0.2, 0.25) is 0 Å². The molecule has 3 heterocycles. The van der Waals surface area contributed by atoms with Crippen LogP contribution in [0.25, 0.3) is 0 Å². The van der Waals surface area contributed by atoms with Crippen molar-refractivity contribution in [2.75, 3.05) is 38.2 Å². The first kappa shape index (κ1) is 17.7. The largest absolute Gasteiger partial charge is 0.374 e. The van der Waals surface area contributed by atoms with Gasteiger partial charge in [-0.2, -0.15) is 10.1 Å². The van der Waals surface area contributed by atoms with Crippen LogP contribution in [0.15, 0.2) is 22.9 Å². The second-order valence-corrected chi connectivity index (χ2v) is 5.86. The Morgan fingerprint density at radius 2 is 2.40 bits per heavy atom. The fourth-order valence-electron chi connectivity index (χ4n) is 2.67. The Labute approximate surface area is 146 Å². The monoisotopic (exact) mass is 348 g/mol. The van der Waals surface area contributed by atoms with Gasteiger partial charge in [0, 0.05) is 32.4 Å². The third-order valence-corrected chi connectivity index (χ3v) is 3.93. The van der Waals surface area contributed by atoms with Gasteiger partial charge >= 0.3 is 0 Å². The van der Waals surface area contributed by atoms with Gasteiger partial charge in [0.25, 0.3) is 0 Å². The van der Waals surface area contributed by atoms with Crippen LogP contribution in [0.5, 0.6) is 0 Å². The first-order chi connectivity index (χ1) is 12.2. The van der Waals surface area contributed by atoms with E-state index in [1.807, 2.05) is 26.0 Å². The van der Waals surface area contributed by atoms with E-state index >= 15 is 0 Å². The maximum atomic E-state index is 5.80. The van der Waals surface area contributed by atoms with Gasteiger partial charge in [0.2, 0.25) is 5.89 Å². The Bertz CT molecular complexity index is 638. The van der Waals surface area contributed by atoms with Crippen molar-refractivity contribution in [1.82, 2.24) is 25.2 Å². The van der Waals surface area contributed by atoms with Crippen LogP contribution in [0, 0.1) is 0 Å². The third-order valence-electron chi connectivity index (χ3n) is 3.93. The molecule has 9 heteroatoms. The Morgan fingerprint density at radius 3 is 3.20 bits per heavy atom. The number of nitrogens with one attached hydrogen (secondary N) is 1. The topological polar surface area (TPSA) is 98.4 Å². The summed E-state index contributed by atoms with van der Waals surface area (Å²) in [6.07, 6.45) is 1.56. The van der Waals surface area contributed by atoms with Crippen molar-refractivity contribution in [3.8, 4) is 0 Å². The molecule has 136 valence electrons. The molecule has 3 rings (SSSR count). The summed E-state index contributed by atoms with van der Waals surface area (Å²) in [4.78, 5) is 6.67. The fourth-order valence-corrected chi connectivity index (χ4v) is 2.67. The molecule has 2 atom stereocenters. The highest BCUT2D eigenvalue weighted by Gasteiger charge is 2.23. The molecular formula is C16H24N6O3. The molecule has 1 N–H and O–H groups in total. The van der Waals surface area contributed by atoms with Gasteiger partial charge in [-0.3, -0.25) is 4.90 Å². The summed E-state index contributed by atoms with van der Waals surface area (Å²) in [5.74, 6) is 1.93. The Balaban J connectivity index is 1.48. The van der Waals surface area contributed by atoms with E-state index in [1.165, 1.54) is 0 Å². The minimum absolute atomic E-state index is 0.0699. The first-order valence-electron chi connectivity index (χ1n) is 8.54. The molecule has 0 bridgehead atoms. The Kier molecular flexibility index (Phi) is 6.26. The lowest BCUT2D eigenvalue weighted by atomic mass is 10.2. The van der Waals surface area contributed by atoms with Crippen LogP contribution in [0.1, 0.15) is 31.7 Å². The summed E-state index contributed by atoms with van der Waals surface area (Å²) >= 11 is 0. The number of nitrogens with zero attached hydrogens (tertiary/aromatic N) is 5. The van der Waals surface area contributed by atoms with Crippen LogP contribution in [-0.4, -0.2) is 64.2 Å². The molecule has 0 amide bonds. The van der Waals surface area contributed by atoms with Crippen LogP contribution >= 0.6 is 0 Å². The standard InChI is InChI=1S/C16H24N6O3/c1-3-23-12(2)16-19-15(25-21-16)11-22-7-8-24-13(10-22)9-17-14-5-4-6-18-20-14/h4-6,12-13H,3,7-11H2,1-2H3,(H,17,20)/t12-,13+/m0/s1. The van der Waals surface area contributed by atoms with Crippen molar-refractivity contribution in [1.29, 1.82) is 0 Å². The average molecular weight is 348 g/mol. The molecule has 2 aromatic heterocycles. The molecule has 0 aromatic carbocycles. The number of aromatic nitrogens is 4. The number of rotatable bonds is 8. The molecule has 0 radical (unpaired) electrons. The summed E-state index contributed by atoms with van der Waals surface area (Å²) in [7, 11) is 0. The number of anilines is 1. The predicted octanol–water partition coefficient (Wildman–Crippen LogP) is 1.27. The van der Waals surface area contributed by atoms with Crippen LogP contribution in [0.3, 0.4) is 0 Å². The highest BCUT2D eigenvalue weighted by Crippen LogP contribution is 2.15. The van der Waals surface area contributed by atoms with E-state index in [9.17, 15) is 0 Å². The number of hydrogen-bond acceptors (Lipinski definition) is 9. The number of hydrogen-bond donors (Lipinski definition) is 1.